The van der Waals surface area contributed by atoms with E-state index in [1.165, 1.54) is 0 Å². The number of likely N-dealkylation sites (N-methyl/N-ethyl adjacent to an activating group) is 1. The van der Waals surface area contributed by atoms with Crippen LogP contribution in [0.3, 0.4) is 0 Å². The van der Waals surface area contributed by atoms with Gasteiger partial charge in [-0.1, -0.05) is 73.8 Å². The number of likely N-dealkylation sites (tertiary alicyclic amines) is 1. The zero-order valence-electron chi connectivity index (χ0n) is 25.8. The van der Waals surface area contributed by atoms with Crippen molar-refractivity contribution in [3.63, 3.8) is 0 Å². The molecular formula is C37H47NO5. The van der Waals surface area contributed by atoms with E-state index < -0.39 is 17.1 Å². The Hall–Kier alpha value is -3.22. The molecule has 43 heavy (non-hydrogen) atoms. The molecule has 0 amide bonds. The molecular weight excluding hydrogens is 538 g/mol. The maximum atomic E-state index is 13.1. The molecule has 6 heteroatoms. The standard InChI is InChI=1S/C37H47NO5/c1-3-4-5-6-7-8-9-10-11-12-13-14-15-16-17-18-19-20-32(40)42-30-22-21-28-27-31-37(41)24-23-29(39)35-36(37,25-26-38(31)2)33(28)34(30)43-35/h4-5,7-8,10-11,13-14,16-17,21-22,31,35,41H,3,6,9,12,15,18-20,23-27H2,1-2H3/b5-4-,8-7-,11-10-,14-13-,17-16-/t31-,35+,36+,37-/m1/s1. The number of esters is 1. The SMILES string of the molecule is CC/C=C\C/C=C\C/C=C\C/C=C\C/C=C\CCCC(=O)Oc1ccc2c3c1O[C@H]1C(=O)CC[C@@]4(O)[C@@H](C2)N(C)CC[C@]314. The second-order valence-corrected chi connectivity index (χ2v) is 12.3. The highest BCUT2D eigenvalue weighted by molar-refractivity contribution is 5.90. The van der Waals surface area contributed by atoms with Crippen molar-refractivity contribution >= 4 is 11.8 Å². The molecule has 4 atom stereocenters. The topological polar surface area (TPSA) is 76.1 Å². The van der Waals surface area contributed by atoms with Gasteiger partial charge in [0, 0.05) is 24.4 Å². The van der Waals surface area contributed by atoms with Crippen molar-refractivity contribution in [3.8, 4) is 11.5 Å². The highest BCUT2D eigenvalue weighted by atomic mass is 16.6. The van der Waals surface area contributed by atoms with E-state index >= 15 is 0 Å². The van der Waals surface area contributed by atoms with E-state index in [0.29, 0.717) is 50.0 Å². The van der Waals surface area contributed by atoms with Crippen LogP contribution < -0.4 is 9.47 Å². The molecule has 6 nitrogen and oxygen atoms in total. The fourth-order valence-corrected chi connectivity index (χ4v) is 7.51. The molecule has 1 spiro atoms. The zero-order chi connectivity index (χ0) is 30.3. The molecule has 2 aliphatic carbocycles. The highest BCUT2D eigenvalue weighted by Crippen LogP contribution is 2.64. The van der Waals surface area contributed by atoms with Gasteiger partial charge in [0.25, 0.3) is 0 Å². The number of hydrogen-bond acceptors (Lipinski definition) is 6. The van der Waals surface area contributed by atoms with E-state index in [9.17, 15) is 14.7 Å². The maximum Gasteiger partial charge on any atom is 0.311 e. The number of ketones is 1. The van der Waals surface area contributed by atoms with Crippen molar-refractivity contribution < 1.29 is 24.2 Å². The lowest BCUT2D eigenvalue weighted by Gasteiger charge is -2.62. The van der Waals surface area contributed by atoms with Crippen LogP contribution in [0.4, 0.5) is 0 Å². The number of Topliss-reactive ketones (excluding diaryl/α,β-unsaturated/α-hetero) is 1. The number of allylic oxidation sites excluding steroid dienone is 10. The minimum Gasteiger partial charge on any atom is -0.477 e. The molecule has 1 saturated heterocycles. The van der Waals surface area contributed by atoms with Gasteiger partial charge in [0.1, 0.15) is 0 Å². The smallest absolute Gasteiger partial charge is 0.311 e. The molecule has 2 bridgehead atoms. The van der Waals surface area contributed by atoms with E-state index in [1.54, 1.807) is 6.07 Å². The number of piperidine rings is 1. The van der Waals surface area contributed by atoms with Crippen LogP contribution in [0, 0.1) is 0 Å². The van der Waals surface area contributed by atoms with Crippen molar-refractivity contribution in [1.82, 2.24) is 4.90 Å². The maximum absolute atomic E-state index is 13.1. The number of aliphatic hydroxyl groups is 1. The van der Waals surface area contributed by atoms with Crippen molar-refractivity contribution in [2.75, 3.05) is 13.6 Å². The zero-order valence-corrected chi connectivity index (χ0v) is 25.8. The van der Waals surface area contributed by atoms with Crippen molar-refractivity contribution in [2.45, 2.75) is 107 Å². The Morgan fingerprint density at radius 1 is 1.00 bits per heavy atom. The molecule has 0 aromatic heterocycles. The number of hydrogen-bond donors (Lipinski definition) is 1. The molecule has 1 N–H and O–H groups in total. The Balaban J connectivity index is 1.07. The minimum absolute atomic E-state index is 0.0337. The summed E-state index contributed by atoms with van der Waals surface area (Å²) in [5, 5.41) is 12.1. The summed E-state index contributed by atoms with van der Waals surface area (Å²) in [5.41, 5.74) is 0.206. The van der Waals surface area contributed by atoms with Gasteiger partial charge in [-0.3, -0.25) is 9.59 Å². The van der Waals surface area contributed by atoms with Crippen LogP contribution in [0.1, 0.15) is 88.7 Å². The summed E-state index contributed by atoms with van der Waals surface area (Å²) in [6.45, 7) is 2.94. The van der Waals surface area contributed by atoms with Crippen molar-refractivity contribution in [3.05, 3.63) is 84.0 Å². The van der Waals surface area contributed by atoms with Crippen LogP contribution in [0.15, 0.2) is 72.9 Å². The van der Waals surface area contributed by atoms with Crippen LogP contribution in [0.25, 0.3) is 0 Å². The largest absolute Gasteiger partial charge is 0.477 e. The van der Waals surface area contributed by atoms with Crippen LogP contribution in [-0.2, 0) is 21.4 Å². The Labute approximate surface area is 256 Å². The lowest BCUT2D eigenvalue weighted by Crippen LogP contribution is -2.76. The number of nitrogens with zero attached hydrogens (tertiary/aromatic N) is 1. The molecule has 0 unspecified atom stereocenters. The summed E-state index contributed by atoms with van der Waals surface area (Å²) >= 11 is 0. The first-order chi connectivity index (χ1) is 20.9. The lowest BCUT2D eigenvalue weighted by molar-refractivity contribution is -0.185. The summed E-state index contributed by atoms with van der Waals surface area (Å²) < 4.78 is 12.1. The van der Waals surface area contributed by atoms with Gasteiger partial charge in [-0.25, -0.2) is 0 Å². The molecule has 2 heterocycles. The molecule has 4 aliphatic rings. The van der Waals surface area contributed by atoms with Crippen LogP contribution in [0.2, 0.25) is 0 Å². The third kappa shape index (κ3) is 6.23. The van der Waals surface area contributed by atoms with Gasteiger partial charge in [-0.15, -0.1) is 0 Å². The fraction of sp³-hybridized carbons (Fsp3) is 0.514. The molecule has 2 aliphatic heterocycles. The quantitative estimate of drug-likeness (QED) is 0.111. The number of unbranched alkanes of at least 4 members (excludes halogenated alkanes) is 1. The molecule has 1 aromatic rings. The summed E-state index contributed by atoms with van der Waals surface area (Å²) in [5.74, 6) is 0.588. The Kier molecular flexibility index (Phi) is 10.2. The van der Waals surface area contributed by atoms with Gasteiger partial charge < -0.3 is 19.5 Å². The summed E-state index contributed by atoms with van der Waals surface area (Å²) in [4.78, 5) is 28.1. The Morgan fingerprint density at radius 3 is 2.33 bits per heavy atom. The first kappa shape index (κ1) is 31.2. The predicted molar refractivity (Wildman–Crippen MR) is 170 cm³/mol. The van der Waals surface area contributed by atoms with E-state index in [1.807, 2.05) is 6.07 Å². The molecule has 1 aromatic carbocycles. The monoisotopic (exact) mass is 585 g/mol. The van der Waals surface area contributed by atoms with Crippen LogP contribution in [-0.4, -0.2) is 53.1 Å². The Morgan fingerprint density at radius 2 is 1.65 bits per heavy atom. The van der Waals surface area contributed by atoms with Gasteiger partial charge in [0.2, 0.25) is 0 Å². The summed E-state index contributed by atoms with van der Waals surface area (Å²) in [6.07, 6.45) is 29.8. The molecule has 0 radical (unpaired) electrons. The second kappa shape index (κ2) is 14.0. The number of ether oxygens (including phenoxy) is 2. The number of carbonyl (C=O) groups excluding carboxylic acids is 2. The van der Waals surface area contributed by atoms with Crippen LogP contribution >= 0.6 is 0 Å². The van der Waals surface area contributed by atoms with E-state index in [4.69, 9.17) is 9.47 Å². The summed E-state index contributed by atoms with van der Waals surface area (Å²) in [7, 11) is 2.05. The third-order valence-electron chi connectivity index (χ3n) is 9.64. The average molecular weight is 586 g/mol. The number of benzene rings is 1. The van der Waals surface area contributed by atoms with E-state index in [0.717, 1.165) is 56.2 Å². The van der Waals surface area contributed by atoms with Crippen molar-refractivity contribution in [2.24, 2.45) is 0 Å². The third-order valence-corrected chi connectivity index (χ3v) is 9.64. The van der Waals surface area contributed by atoms with Gasteiger partial charge in [0.05, 0.1) is 11.0 Å². The lowest BCUT2D eigenvalue weighted by atomic mass is 9.49. The number of carbonyl (C=O) groups is 2. The second-order valence-electron chi connectivity index (χ2n) is 12.3. The number of rotatable bonds is 14. The van der Waals surface area contributed by atoms with E-state index in [-0.39, 0.29) is 17.8 Å². The molecule has 2 fully saturated rings. The minimum atomic E-state index is -1.03. The average Bonchev–Trinajstić information content (AvgIpc) is 3.36. The van der Waals surface area contributed by atoms with Gasteiger partial charge >= 0.3 is 5.97 Å². The van der Waals surface area contributed by atoms with E-state index in [2.05, 4.69) is 79.6 Å². The van der Waals surface area contributed by atoms with Gasteiger partial charge in [-0.05, 0) is 89.4 Å². The predicted octanol–water partition coefficient (Wildman–Crippen LogP) is 6.87. The van der Waals surface area contributed by atoms with Crippen LogP contribution in [0.5, 0.6) is 11.5 Å². The fourth-order valence-electron chi connectivity index (χ4n) is 7.51. The first-order valence-corrected chi connectivity index (χ1v) is 16.2. The van der Waals surface area contributed by atoms with Crippen molar-refractivity contribution in [1.29, 1.82) is 0 Å². The summed E-state index contributed by atoms with van der Waals surface area (Å²) in [6, 6.07) is 3.74. The highest BCUT2D eigenvalue weighted by Gasteiger charge is 2.72. The normalized spacial score (nSPS) is 28.1. The molecule has 5 rings (SSSR count). The first-order valence-electron chi connectivity index (χ1n) is 16.2. The Bertz CT molecular complexity index is 1320. The van der Waals surface area contributed by atoms with Gasteiger partial charge in [0.15, 0.2) is 23.4 Å². The van der Waals surface area contributed by atoms with Gasteiger partial charge in [-0.2, -0.15) is 0 Å². The molecule has 1 saturated carbocycles. The molecule has 230 valence electrons.